The van der Waals surface area contributed by atoms with Crippen molar-refractivity contribution >= 4 is 11.6 Å². The molecule has 0 aromatic heterocycles. The quantitative estimate of drug-likeness (QED) is 0.675. The molecule has 0 aliphatic heterocycles. The molecule has 130 valence electrons. The molecule has 2 saturated carbocycles. The number of allylic oxidation sites excluding steroid dienone is 8. The Balaban J connectivity index is 1.65. The summed E-state index contributed by atoms with van der Waals surface area (Å²) < 4.78 is 0. The predicted octanol–water partition coefficient (Wildman–Crippen LogP) is 4.87. The molecule has 2 bridgehead atoms. The van der Waals surface area contributed by atoms with Crippen molar-refractivity contribution in [2.75, 3.05) is 0 Å². The van der Waals surface area contributed by atoms with Gasteiger partial charge in [-0.1, -0.05) is 37.6 Å². The average Bonchev–Trinajstić information content (AvgIpc) is 3.05. The Morgan fingerprint density at radius 3 is 2.72 bits per heavy atom. The molecule has 2 fully saturated rings. The molecule has 0 heterocycles. The minimum absolute atomic E-state index is 0.0806. The third-order valence-corrected chi connectivity index (χ3v) is 8.49. The zero-order valence-corrected chi connectivity index (χ0v) is 15.2. The summed E-state index contributed by atoms with van der Waals surface area (Å²) in [7, 11) is 0. The van der Waals surface area contributed by atoms with Gasteiger partial charge in [0.15, 0.2) is 5.78 Å². The van der Waals surface area contributed by atoms with E-state index in [9.17, 15) is 9.59 Å². The number of hydrogen-bond donors (Lipinski definition) is 0. The molecule has 5 rings (SSSR count). The summed E-state index contributed by atoms with van der Waals surface area (Å²) in [6.07, 6.45) is 17.5. The van der Waals surface area contributed by atoms with E-state index in [0.717, 1.165) is 38.5 Å². The Morgan fingerprint density at radius 2 is 2.00 bits per heavy atom. The van der Waals surface area contributed by atoms with Gasteiger partial charge in [0.25, 0.3) is 0 Å². The van der Waals surface area contributed by atoms with Crippen LogP contribution >= 0.6 is 0 Å². The first-order chi connectivity index (χ1) is 12.0. The van der Waals surface area contributed by atoms with Crippen molar-refractivity contribution in [2.45, 2.75) is 58.8 Å². The highest BCUT2D eigenvalue weighted by Gasteiger charge is 2.72. The number of carbonyl (C=O) groups is 2. The zero-order chi connectivity index (χ0) is 17.4. The largest absolute Gasteiger partial charge is 0.299 e. The number of hydrogen-bond acceptors (Lipinski definition) is 2. The standard InChI is InChI=1S/C23H26O2/c1-3-20(25)23-12-10-22(11-13-23)19-7-4-15-14-16(24)5-6-17(15)18(19)8-9-21(22,23)2/h5-6,10,12,14,19H,3-4,7-9,11,13H2,1-2H3/t19-,21+,22?,23-/m1/s1. The summed E-state index contributed by atoms with van der Waals surface area (Å²) in [6.45, 7) is 4.42. The molecule has 0 aromatic rings. The van der Waals surface area contributed by atoms with Crippen LogP contribution in [-0.2, 0) is 9.59 Å². The number of rotatable bonds is 2. The molecular weight excluding hydrogens is 308 g/mol. The van der Waals surface area contributed by atoms with Crippen LogP contribution in [0.1, 0.15) is 58.8 Å². The summed E-state index contributed by atoms with van der Waals surface area (Å²) in [5.41, 5.74) is 4.16. The van der Waals surface area contributed by atoms with E-state index in [1.165, 1.54) is 11.1 Å². The highest BCUT2D eigenvalue weighted by atomic mass is 16.1. The molecule has 25 heavy (non-hydrogen) atoms. The Hall–Kier alpha value is -1.70. The van der Waals surface area contributed by atoms with Gasteiger partial charge in [0.1, 0.15) is 5.78 Å². The van der Waals surface area contributed by atoms with Gasteiger partial charge in [-0.15, -0.1) is 0 Å². The van der Waals surface area contributed by atoms with Gasteiger partial charge in [0, 0.05) is 11.8 Å². The topological polar surface area (TPSA) is 34.1 Å². The van der Waals surface area contributed by atoms with Crippen molar-refractivity contribution in [1.82, 2.24) is 0 Å². The van der Waals surface area contributed by atoms with E-state index in [1.54, 1.807) is 11.6 Å². The molecule has 5 aliphatic carbocycles. The second kappa shape index (κ2) is 4.72. The van der Waals surface area contributed by atoms with Crippen LogP contribution in [-0.4, -0.2) is 11.6 Å². The molecule has 2 heteroatoms. The fraction of sp³-hybridized carbons (Fsp3) is 0.565. The maximum absolute atomic E-state index is 13.0. The van der Waals surface area contributed by atoms with Gasteiger partial charge < -0.3 is 0 Å². The second-order valence-electron chi connectivity index (χ2n) is 8.89. The monoisotopic (exact) mass is 334 g/mol. The molecule has 2 nitrogen and oxygen atoms in total. The highest BCUT2D eigenvalue weighted by molar-refractivity contribution is 6.02. The van der Waals surface area contributed by atoms with Gasteiger partial charge in [-0.2, -0.15) is 0 Å². The minimum Gasteiger partial charge on any atom is -0.299 e. The fourth-order valence-corrected chi connectivity index (χ4v) is 7.20. The van der Waals surface area contributed by atoms with Crippen LogP contribution in [0.3, 0.4) is 0 Å². The van der Waals surface area contributed by atoms with Crippen molar-refractivity contribution in [3.8, 4) is 0 Å². The van der Waals surface area contributed by atoms with Crippen LogP contribution in [0.2, 0.25) is 0 Å². The molecule has 0 radical (unpaired) electrons. The van der Waals surface area contributed by atoms with Gasteiger partial charge in [-0.3, -0.25) is 9.59 Å². The second-order valence-corrected chi connectivity index (χ2v) is 8.89. The van der Waals surface area contributed by atoms with E-state index in [1.807, 2.05) is 13.0 Å². The Labute approximate surface area is 149 Å². The van der Waals surface area contributed by atoms with Gasteiger partial charge in [0.05, 0.1) is 5.41 Å². The smallest absolute Gasteiger partial charge is 0.178 e. The van der Waals surface area contributed by atoms with Gasteiger partial charge in [-0.25, -0.2) is 0 Å². The van der Waals surface area contributed by atoms with Crippen LogP contribution in [0.15, 0.2) is 47.1 Å². The normalized spacial score (nSPS) is 43.7. The first kappa shape index (κ1) is 15.5. The van der Waals surface area contributed by atoms with Crippen molar-refractivity contribution in [3.05, 3.63) is 47.1 Å². The van der Waals surface area contributed by atoms with Crippen LogP contribution in [0.5, 0.6) is 0 Å². The van der Waals surface area contributed by atoms with Crippen LogP contribution in [0.25, 0.3) is 0 Å². The van der Waals surface area contributed by atoms with E-state index >= 15 is 0 Å². The number of carbonyl (C=O) groups excluding carboxylic acids is 2. The minimum atomic E-state index is -0.216. The van der Waals surface area contributed by atoms with E-state index in [2.05, 4.69) is 25.2 Å². The molecule has 4 atom stereocenters. The van der Waals surface area contributed by atoms with E-state index in [0.29, 0.717) is 18.1 Å². The SMILES string of the molecule is CCC(=O)[C@@]12C=CC3(CC1)[C@@H]1CCC4=CC(=O)C=CC4=C1CC[C@@]32C. The average molecular weight is 334 g/mol. The zero-order valence-electron chi connectivity index (χ0n) is 15.2. The van der Waals surface area contributed by atoms with Crippen molar-refractivity contribution in [3.63, 3.8) is 0 Å². The molecule has 0 N–H and O–H groups in total. The fourth-order valence-electron chi connectivity index (χ4n) is 7.20. The lowest BCUT2D eigenvalue weighted by Crippen LogP contribution is -2.50. The summed E-state index contributed by atoms with van der Waals surface area (Å²) >= 11 is 0. The summed E-state index contributed by atoms with van der Waals surface area (Å²) in [4.78, 5) is 24.7. The third-order valence-electron chi connectivity index (χ3n) is 8.49. The third kappa shape index (κ3) is 1.58. The van der Waals surface area contributed by atoms with Crippen LogP contribution in [0, 0.1) is 22.2 Å². The molecule has 0 aromatic carbocycles. The Morgan fingerprint density at radius 1 is 1.16 bits per heavy atom. The van der Waals surface area contributed by atoms with Gasteiger partial charge in [0.2, 0.25) is 0 Å². The van der Waals surface area contributed by atoms with E-state index < -0.39 is 0 Å². The lowest BCUT2D eigenvalue weighted by atomic mass is 9.48. The molecule has 5 aliphatic rings. The van der Waals surface area contributed by atoms with Crippen LogP contribution < -0.4 is 0 Å². The molecule has 0 amide bonds. The molecule has 1 unspecified atom stereocenters. The van der Waals surface area contributed by atoms with Crippen LogP contribution in [0.4, 0.5) is 0 Å². The summed E-state index contributed by atoms with van der Waals surface area (Å²) in [5, 5.41) is 0. The first-order valence-corrected chi connectivity index (χ1v) is 9.87. The predicted molar refractivity (Wildman–Crippen MR) is 97.9 cm³/mol. The summed E-state index contributed by atoms with van der Waals surface area (Å²) in [5.74, 6) is 1.12. The lowest BCUT2D eigenvalue weighted by Gasteiger charge is -2.55. The summed E-state index contributed by atoms with van der Waals surface area (Å²) in [6, 6.07) is 0. The van der Waals surface area contributed by atoms with Gasteiger partial charge >= 0.3 is 0 Å². The number of ketones is 2. The molecule has 0 saturated heterocycles. The number of fused-ring (bicyclic) bond motifs is 2. The van der Waals surface area contributed by atoms with E-state index in [4.69, 9.17) is 0 Å². The maximum atomic E-state index is 13.0. The van der Waals surface area contributed by atoms with Crippen molar-refractivity contribution in [1.29, 1.82) is 0 Å². The number of Topliss-reactive ketones (excluding diaryl/α,β-unsaturated/α-hetero) is 1. The van der Waals surface area contributed by atoms with Crippen molar-refractivity contribution in [2.24, 2.45) is 22.2 Å². The Kier molecular flexibility index (Phi) is 2.93. The molecular formula is C23H26O2. The lowest BCUT2D eigenvalue weighted by molar-refractivity contribution is -0.133. The van der Waals surface area contributed by atoms with Gasteiger partial charge in [-0.05, 0) is 73.2 Å². The molecule has 0 spiro atoms. The van der Waals surface area contributed by atoms with E-state index in [-0.39, 0.29) is 22.0 Å². The maximum Gasteiger partial charge on any atom is 0.178 e. The van der Waals surface area contributed by atoms with Crippen molar-refractivity contribution < 1.29 is 9.59 Å². The first-order valence-electron chi connectivity index (χ1n) is 9.87. The Bertz CT molecular complexity index is 823. The highest BCUT2D eigenvalue weighted by Crippen LogP contribution is 2.77.